The number of rotatable bonds is 13. The fraction of sp³-hybridized carbons (Fsp3) is 1.00. The summed E-state index contributed by atoms with van der Waals surface area (Å²) in [5.74, 6) is 0. The van der Waals surface area contributed by atoms with Crippen molar-refractivity contribution < 1.29 is 9.47 Å². The quantitative estimate of drug-likeness (QED) is 0.435. The minimum absolute atomic E-state index is 0.422. The van der Waals surface area contributed by atoms with Crippen LogP contribution in [0.1, 0.15) is 79.1 Å². The van der Waals surface area contributed by atoms with E-state index in [1.165, 1.54) is 38.5 Å². The predicted octanol–water partition coefficient (Wildman–Crippen LogP) is 4.96. The van der Waals surface area contributed by atoms with Gasteiger partial charge in [-0.1, -0.05) is 40.0 Å². The van der Waals surface area contributed by atoms with Gasteiger partial charge in [0.25, 0.3) is 0 Å². The van der Waals surface area contributed by atoms with Crippen molar-refractivity contribution in [1.82, 2.24) is 0 Å². The lowest BCUT2D eigenvalue weighted by Crippen LogP contribution is -2.13. The van der Waals surface area contributed by atoms with Gasteiger partial charge in [-0.05, 0) is 39.0 Å². The average Bonchev–Trinajstić information content (AvgIpc) is 2.40. The van der Waals surface area contributed by atoms with E-state index >= 15 is 0 Å². The Hall–Kier alpha value is -0.0800. The van der Waals surface area contributed by atoms with Crippen LogP contribution in [0.4, 0.5) is 0 Å². The Kier molecular flexibility index (Phi) is 13.3. The molecule has 0 aliphatic carbocycles. The monoisotopic (exact) mass is 258 g/mol. The fourth-order valence-corrected chi connectivity index (χ4v) is 1.85. The maximum Gasteiger partial charge on any atom is 0.0572 e. The number of unbranched alkanes of at least 4 members (excludes halogenated alkanes) is 3. The van der Waals surface area contributed by atoms with Crippen molar-refractivity contribution in [3.05, 3.63) is 0 Å². The molecule has 18 heavy (non-hydrogen) atoms. The molecule has 0 aromatic rings. The molecule has 2 unspecified atom stereocenters. The normalized spacial score (nSPS) is 14.7. The second kappa shape index (κ2) is 13.4. The molecule has 0 aromatic carbocycles. The first-order valence-electron chi connectivity index (χ1n) is 7.97. The predicted molar refractivity (Wildman–Crippen MR) is 79.1 cm³/mol. The summed E-state index contributed by atoms with van der Waals surface area (Å²) in [7, 11) is 0. The van der Waals surface area contributed by atoms with E-state index in [0.29, 0.717) is 12.2 Å². The van der Waals surface area contributed by atoms with Crippen LogP contribution in [0.15, 0.2) is 0 Å². The lowest BCUT2D eigenvalue weighted by atomic mass is 10.1. The van der Waals surface area contributed by atoms with E-state index in [0.717, 1.165) is 26.1 Å². The third-order valence-corrected chi connectivity index (χ3v) is 3.45. The zero-order valence-electron chi connectivity index (χ0n) is 13.0. The van der Waals surface area contributed by atoms with E-state index in [2.05, 4.69) is 27.7 Å². The Morgan fingerprint density at radius 3 is 2.11 bits per heavy atom. The number of ether oxygens (including phenoxy) is 2. The molecule has 0 aliphatic heterocycles. The first kappa shape index (κ1) is 17.9. The molecule has 0 spiro atoms. The summed E-state index contributed by atoms with van der Waals surface area (Å²) in [4.78, 5) is 0. The van der Waals surface area contributed by atoms with Crippen LogP contribution in [0.3, 0.4) is 0 Å². The lowest BCUT2D eigenvalue weighted by molar-refractivity contribution is 0.0388. The zero-order valence-corrected chi connectivity index (χ0v) is 13.0. The van der Waals surface area contributed by atoms with Crippen LogP contribution in [0.5, 0.6) is 0 Å². The molecule has 0 aliphatic rings. The molecule has 2 atom stereocenters. The molecule has 0 heterocycles. The highest BCUT2D eigenvalue weighted by molar-refractivity contribution is 4.56. The molecular weight excluding hydrogens is 224 g/mol. The minimum Gasteiger partial charge on any atom is -0.379 e. The van der Waals surface area contributed by atoms with Crippen LogP contribution in [0.2, 0.25) is 0 Å². The van der Waals surface area contributed by atoms with E-state index in [4.69, 9.17) is 9.47 Å². The number of hydrogen-bond donors (Lipinski definition) is 0. The van der Waals surface area contributed by atoms with Gasteiger partial charge in [-0.25, -0.2) is 0 Å². The summed E-state index contributed by atoms with van der Waals surface area (Å²) in [6.45, 7) is 10.6. The van der Waals surface area contributed by atoms with Crippen molar-refractivity contribution >= 4 is 0 Å². The molecule has 2 nitrogen and oxygen atoms in total. The number of hydrogen-bond acceptors (Lipinski definition) is 2. The Labute approximate surface area is 114 Å². The Morgan fingerprint density at radius 2 is 1.50 bits per heavy atom. The van der Waals surface area contributed by atoms with Crippen LogP contribution in [-0.2, 0) is 9.47 Å². The second-order valence-corrected chi connectivity index (χ2v) is 5.19. The van der Waals surface area contributed by atoms with Crippen molar-refractivity contribution in [2.24, 2.45) is 0 Å². The molecular formula is C16H34O2. The highest BCUT2D eigenvalue weighted by Gasteiger charge is 2.05. The van der Waals surface area contributed by atoms with Gasteiger partial charge in [0.1, 0.15) is 0 Å². The van der Waals surface area contributed by atoms with Gasteiger partial charge in [-0.15, -0.1) is 0 Å². The highest BCUT2D eigenvalue weighted by atomic mass is 16.5. The van der Waals surface area contributed by atoms with Crippen molar-refractivity contribution in [3.8, 4) is 0 Å². The molecule has 2 heteroatoms. The first-order valence-corrected chi connectivity index (χ1v) is 7.97. The molecule has 0 aromatic heterocycles. The van der Waals surface area contributed by atoms with Crippen LogP contribution >= 0.6 is 0 Å². The van der Waals surface area contributed by atoms with E-state index < -0.39 is 0 Å². The molecule has 0 rings (SSSR count). The van der Waals surface area contributed by atoms with Gasteiger partial charge in [0.2, 0.25) is 0 Å². The Morgan fingerprint density at radius 1 is 0.778 bits per heavy atom. The van der Waals surface area contributed by atoms with Crippen molar-refractivity contribution in [1.29, 1.82) is 0 Å². The van der Waals surface area contributed by atoms with E-state index in [1.807, 2.05) is 0 Å². The summed E-state index contributed by atoms with van der Waals surface area (Å²) in [5.41, 5.74) is 0. The van der Waals surface area contributed by atoms with Crippen LogP contribution < -0.4 is 0 Å². The maximum atomic E-state index is 5.86. The summed E-state index contributed by atoms with van der Waals surface area (Å²) in [6, 6.07) is 0. The summed E-state index contributed by atoms with van der Waals surface area (Å²) in [5, 5.41) is 0. The highest BCUT2D eigenvalue weighted by Crippen LogP contribution is 2.11. The summed E-state index contributed by atoms with van der Waals surface area (Å²) in [6.07, 6.45) is 10.5. The van der Waals surface area contributed by atoms with Crippen LogP contribution in [-0.4, -0.2) is 25.4 Å². The van der Waals surface area contributed by atoms with Crippen LogP contribution in [0.25, 0.3) is 0 Å². The van der Waals surface area contributed by atoms with Gasteiger partial charge in [0, 0.05) is 13.2 Å². The second-order valence-electron chi connectivity index (χ2n) is 5.19. The molecule has 0 bridgehead atoms. The largest absolute Gasteiger partial charge is 0.379 e. The van der Waals surface area contributed by atoms with E-state index in [1.54, 1.807) is 0 Å². The average molecular weight is 258 g/mol. The summed E-state index contributed by atoms with van der Waals surface area (Å²) >= 11 is 0. The Balaban J connectivity index is 3.33. The molecule has 0 radical (unpaired) electrons. The smallest absolute Gasteiger partial charge is 0.0572 e. The zero-order chi connectivity index (χ0) is 13.6. The molecule has 0 fully saturated rings. The maximum absolute atomic E-state index is 5.86. The van der Waals surface area contributed by atoms with Crippen molar-refractivity contribution in [2.45, 2.75) is 91.3 Å². The SMILES string of the molecule is CCCCOC(CC)CCCCCOC(C)CC. The molecule has 0 saturated carbocycles. The first-order chi connectivity index (χ1) is 8.74. The van der Waals surface area contributed by atoms with E-state index in [9.17, 15) is 0 Å². The van der Waals surface area contributed by atoms with Gasteiger partial charge in [0.15, 0.2) is 0 Å². The fourth-order valence-electron chi connectivity index (χ4n) is 1.85. The topological polar surface area (TPSA) is 18.5 Å². The third-order valence-electron chi connectivity index (χ3n) is 3.45. The van der Waals surface area contributed by atoms with Crippen molar-refractivity contribution in [3.63, 3.8) is 0 Å². The van der Waals surface area contributed by atoms with E-state index in [-0.39, 0.29) is 0 Å². The molecule has 110 valence electrons. The molecule has 0 amide bonds. The minimum atomic E-state index is 0.422. The van der Waals surface area contributed by atoms with Crippen molar-refractivity contribution in [2.75, 3.05) is 13.2 Å². The van der Waals surface area contributed by atoms with Crippen LogP contribution in [0, 0.1) is 0 Å². The van der Waals surface area contributed by atoms with Gasteiger partial charge in [-0.2, -0.15) is 0 Å². The summed E-state index contributed by atoms with van der Waals surface area (Å²) < 4.78 is 11.5. The van der Waals surface area contributed by atoms with Gasteiger partial charge in [0.05, 0.1) is 12.2 Å². The Bertz CT molecular complexity index is 159. The van der Waals surface area contributed by atoms with Gasteiger partial charge >= 0.3 is 0 Å². The van der Waals surface area contributed by atoms with Gasteiger partial charge in [-0.3, -0.25) is 0 Å². The third kappa shape index (κ3) is 11.0. The lowest BCUT2D eigenvalue weighted by Gasteiger charge is -2.16. The van der Waals surface area contributed by atoms with Gasteiger partial charge < -0.3 is 9.47 Å². The standard InChI is InChI=1S/C16H34O2/c1-5-8-13-18-16(7-3)12-10-9-11-14-17-15(4)6-2/h15-16H,5-14H2,1-4H3. The molecule has 0 saturated heterocycles. The molecule has 0 N–H and O–H groups in total.